The second-order valence-electron chi connectivity index (χ2n) is 3.98. The van der Waals surface area contributed by atoms with Gasteiger partial charge in [-0.1, -0.05) is 0 Å². The van der Waals surface area contributed by atoms with Crippen LogP contribution in [0.1, 0.15) is 20.8 Å². The van der Waals surface area contributed by atoms with Crippen LogP contribution in [0, 0.1) is 0 Å². The standard InChI is InChI=1S/C9H18BrNO7/c1-9(2,3)17-8(12)11-13-4-5-14-15-6-7-16-18-10/h4-7H2,1-3H3,(H,11,12). The molecule has 0 aliphatic carbocycles. The lowest BCUT2D eigenvalue weighted by Crippen LogP contribution is -2.33. The maximum atomic E-state index is 11.1. The topological polar surface area (TPSA) is 84.5 Å². The number of carbonyl (C=O) groups excluding carboxylic acids is 1. The largest absolute Gasteiger partial charge is 0.442 e. The number of hydrogen-bond donors (Lipinski definition) is 1. The number of rotatable bonds is 9. The molecular weight excluding hydrogens is 314 g/mol. The van der Waals surface area contributed by atoms with Crippen molar-refractivity contribution >= 4 is 22.4 Å². The van der Waals surface area contributed by atoms with Gasteiger partial charge in [0.1, 0.15) is 48.3 Å². The molecule has 8 nitrogen and oxygen atoms in total. The molecule has 0 aliphatic heterocycles. The van der Waals surface area contributed by atoms with E-state index in [1.807, 2.05) is 0 Å². The number of hydroxylamine groups is 1. The van der Waals surface area contributed by atoms with Crippen LogP contribution >= 0.6 is 16.3 Å². The summed E-state index contributed by atoms with van der Waals surface area (Å²) < 4.78 is 9.07. The van der Waals surface area contributed by atoms with Gasteiger partial charge in [0, 0.05) is 0 Å². The molecule has 108 valence electrons. The predicted molar refractivity (Wildman–Crippen MR) is 63.2 cm³/mol. The van der Waals surface area contributed by atoms with E-state index in [-0.39, 0.29) is 26.4 Å². The van der Waals surface area contributed by atoms with E-state index in [1.165, 1.54) is 0 Å². The van der Waals surface area contributed by atoms with Gasteiger partial charge in [-0.15, -0.1) is 0 Å². The molecule has 0 spiro atoms. The molecule has 0 saturated heterocycles. The minimum absolute atomic E-state index is 0.120. The Morgan fingerprint density at radius 3 is 2.17 bits per heavy atom. The van der Waals surface area contributed by atoms with Gasteiger partial charge in [0.25, 0.3) is 0 Å². The maximum absolute atomic E-state index is 11.1. The Morgan fingerprint density at radius 1 is 1.06 bits per heavy atom. The van der Waals surface area contributed by atoms with E-state index in [0.29, 0.717) is 0 Å². The van der Waals surface area contributed by atoms with Crippen LogP contribution in [-0.4, -0.2) is 38.1 Å². The van der Waals surface area contributed by atoms with Gasteiger partial charge in [0.05, 0.1) is 0 Å². The first-order valence-electron chi connectivity index (χ1n) is 5.21. The highest BCUT2D eigenvalue weighted by molar-refractivity contribution is 9.05. The Hall–Kier alpha value is -0.450. The average molecular weight is 332 g/mol. The third-order valence-electron chi connectivity index (χ3n) is 1.20. The van der Waals surface area contributed by atoms with Crippen LogP contribution in [0.3, 0.4) is 0 Å². The van der Waals surface area contributed by atoms with Crippen LogP contribution in [-0.2, 0) is 28.2 Å². The van der Waals surface area contributed by atoms with Crippen molar-refractivity contribution in [1.29, 1.82) is 0 Å². The zero-order valence-electron chi connectivity index (χ0n) is 10.6. The zero-order chi connectivity index (χ0) is 13.9. The van der Waals surface area contributed by atoms with Crippen molar-refractivity contribution in [2.24, 2.45) is 0 Å². The highest BCUT2D eigenvalue weighted by Crippen LogP contribution is 2.06. The highest BCUT2D eigenvalue weighted by Gasteiger charge is 2.15. The summed E-state index contributed by atoms with van der Waals surface area (Å²) >= 11 is 2.60. The molecule has 1 amide bonds. The number of nitrogens with one attached hydrogen (secondary N) is 1. The summed E-state index contributed by atoms with van der Waals surface area (Å²) in [5, 5.41) is 0. The quantitative estimate of drug-likeness (QED) is 0.390. The first-order chi connectivity index (χ1) is 8.45. The van der Waals surface area contributed by atoms with Crippen molar-refractivity contribution in [2.75, 3.05) is 26.4 Å². The maximum Gasteiger partial charge on any atom is 0.431 e. The summed E-state index contributed by atoms with van der Waals surface area (Å²) in [6.07, 6.45) is -0.661. The third kappa shape index (κ3) is 13.6. The number of carbonyl (C=O) groups is 1. The van der Waals surface area contributed by atoms with Gasteiger partial charge < -0.3 is 4.74 Å². The molecule has 0 atom stereocenters. The Bertz CT molecular complexity index is 221. The van der Waals surface area contributed by atoms with Crippen molar-refractivity contribution in [3.63, 3.8) is 0 Å². The van der Waals surface area contributed by atoms with Crippen LogP contribution in [0.25, 0.3) is 0 Å². The van der Waals surface area contributed by atoms with Crippen LogP contribution in [0.2, 0.25) is 0 Å². The number of hydrogen-bond acceptors (Lipinski definition) is 7. The Balaban J connectivity index is 3.23. The van der Waals surface area contributed by atoms with Crippen molar-refractivity contribution in [3.05, 3.63) is 0 Å². The lowest BCUT2D eigenvalue weighted by molar-refractivity contribution is -0.317. The summed E-state index contributed by atoms with van der Waals surface area (Å²) in [5.74, 6) is 0. The number of ether oxygens (including phenoxy) is 1. The van der Waals surface area contributed by atoms with E-state index in [2.05, 4.69) is 35.5 Å². The van der Waals surface area contributed by atoms with Crippen LogP contribution in [0.4, 0.5) is 4.79 Å². The van der Waals surface area contributed by atoms with Gasteiger partial charge in [-0.3, -0.25) is 4.84 Å². The van der Waals surface area contributed by atoms with E-state index < -0.39 is 11.7 Å². The summed E-state index contributed by atoms with van der Waals surface area (Å²) in [7, 11) is 0. The summed E-state index contributed by atoms with van der Waals surface area (Å²) in [6, 6.07) is 0. The highest BCUT2D eigenvalue weighted by atomic mass is 79.9. The molecule has 0 rings (SSSR count). The molecule has 1 N–H and O–H groups in total. The van der Waals surface area contributed by atoms with Crippen molar-refractivity contribution in [3.8, 4) is 0 Å². The second kappa shape index (κ2) is 10.5. The molecule has 0 aromatic heterocycles. The molecule has 18 heavy (non-hydrogen) atoms. The molecule has 0 aromatic rings. The van der Waals surface area contributed by atoms with E-state index >= 15 is 0 Å². The monoisotopic (exact) mass is 331 g/mol. The van der Waals surface area contributed by atoms with Crippen LogP contribution in [0.15, 0.2) is 0 Å². The SMILES string of the molecule is CC(C)(C)OC(=O)NOCCOOCCOOBr. The molecule has 0 aromatic carbocycles. The number of amides is 1. The smallest absolute Gasteiger partial charge is 0.431 e. The van der Waals surface area contributed by atoms with Gasteiger partial charge in [-0.2, -0.15) is 9.46 Å². The Morgan fingerprint density at radius 2 is 1.61 bits per heavy atom. The molecule has 0 aliphatic rings. The first-order valence-corrected chi connectivity index (χ1v) is 5.86. The number of halogens is 1. The molecule has 0 bridgehead atoms. The molecular formula is C9H18BrNO7. The fraction of sp³-hybridized carbons (Fsp3) is 0.889. The molecule has 0 unspecified atom stereocenters. The Kier molecular flexibility index (Phi) is 10.2. The van der Waals surface area contributed by atoms with E-state index in [1.54, 1.807) is 20.8 Å². The van der Waals surface area contributed by atoms with Crippen molar-refractivity contribution in [2.45, 2.75) is 26.4 Å². The van der Waals surface area contributed by atoms with E-state index in [0.717, 1.165) is 0 Å². The average Bonchev–Trinajstić information content (AvgIpc) is 2.24. The molecule has 0 radical (unpaired) electrons. The molecule has 0 heterocycles. The predicted octanol–water partition coefficient (Wildman–Crippen LogP) is 1.65. The Labute approximate surface area is 114 Å². The van der Waals surface area contributed by atoms with Crippen molar-refractivity contribution < 1.29 is 33.0 Å². The van der Waals surface area contributed by atoms with Crippen LogP contribution in [0.5, 0.6) is 0 Å². The van der Waals surface area contributed by atoms with Gasteiger partial charge >= 0.3 is 6.09 Å². The lowest BCUT2D eigenvalue weighted by atomic mass is 10.2. The van der Waals surface area contributed by atoms with Crippen LogP contribution < -0.4 is 5.48 Å². The van der Waals surface area contributed by atoms with Gasteiger partial charge in [-0.05, 0) is 20.8 Å². The molecule has 0 saturated carbocycles. The summed E-state index contributed by atoms with van der Waals surface area (Å²) in [4.78, 5) is 29.7. The fourth-order valence-corrected chi connectivity index (χ4v) is 0.834. The van der Waals surface area contributed by atoms with E-state index in [9.17, 15) is 4.79 Å². The van der Waals surface area contributed by atoms with Crippen molar-refractivity contribution in [1.82, 2.24) is 5.48 Å². The summed E-state index contributed by atoms with van der Waals surface area (Å²) in [6.45, 7) is 5.93. The van der Waals surface area contributed by atoms with Gasteiger partial charge in [0.15, 0.2) is 0 Å². The van der Waals surface area contributed by atoms with Gasteiger partial charge in [-0.25, -0.2) is 19.5 Å². The van der Waals surface area contributed by atoms with Gasteiger partial charge in [0.2, 0.25) is 0 Å². The summed E-state index contributed by atoms with van der Waals surface area (Å²) in [5.41, 5.74) is 1.54. The zero-order valence-corrected chi connectivity index (χ0v) is 12.2. The minimum Gasteiger partial charge on any atom is -0.442 e. The minimum atomic E-state index is -0.661. The van der Waals surface area contributed by atoms with E-state index in [4.69, 9.17) is 14.5 Å². The molecule has 0 fully saturated rings. The fourth-order valence-electron chi connectivity index (χ4n) is 0.702. The first kappa shape index (κ1) is 17.6. The lowest BCUT2D eigenvalue weighted by Gasteiger charge is -2.19. The normalized spacial score (nSPS) is 11.3. The second-order valence-corrected chi connectivity index (χ2v) is 4.25. The molecule has 9 heteroatoms. The third-order valence-corrected chi connectivity index (χ3v) is 1.39.